The van der Waals surface area contributed by atoms with Crippen molar-refractivity contribution in [1.29, 1.82) is 0 Å². The van der Waals surface area contributed by atoms with Crippen LogP contribution < -0.4 is 5.32 Å². The minimum Gasteiger partial charge on any atom is -0.378 e. The van der Waals surface area contributed by atoms with Crippen molar-refractivity contribution >= 4 is 33.0 Å². The summed E-state index contributed by atoms with van der Waals surface area (Å²) in [5.41, 5.74) is 2.11. The third-order valence-electron chi connectivity index (χ3n) is 1.87. The van der Waals surface area contributed by atoms with Crippen LogP contribution in [0.5, 0.6) is 0 Å². The number of anilines is 1. The summed E-state index contributed by atoms with van der Waals surface area (Å²) in [5, 5.41) is 6.45. The zero-order valence-electron chi connectivity index (χ0n) is 8.20. The summed E-state index contributed by atoms with van der Waals surface area (Å²) < 4.78 is 0.971. The summed E-state index contributed by atoms with van der Waals surface area (Å²) in [5.74, 6) is 0. The zero-order valence-corrected chi connectivity index (χ0v) is 10.6. The Labute approximate surface area is 101 Å². The van der Waals surface area contributed by atoms with Crippen LogP contribution in [0.25, 0.3) is 0 Å². The van der Waals surface area contributed by atoms with Crippen LogP contribution in [0.2, 0.25) is 0 Å². The van der Waals surface area contributed by atoms with Crippen molar-refractivity contribution in [3.8, 4) is 0 Å². The Morgan fingerprint density at radius 1 is 1.53 bits per heavy atom. The lowest BCUT2D eigenvalue weighted by Gasteiger charge is -2.05. The normalized spacial score (nSPS) is 10.3. The van der Waals surface area contributed by atoms with E-state index < -0.39 is 0 Å². The highest BCUT2D eigenvalue weighted by Crippen LogP contribution is 2.21. The molecule has 3 nitrogen and oxygen atoms in total. The molecule has 0 atom stereocenters. The fraction of sp³-hybridized carbons (Fsp3) is 0.200. The van der Waals surface area contributed by atoms with E-state index in [9.17, 15) is 0 Å². The minimum atomic E-state index is 0.751. The minimum absolute atomic E-state index is 0.751. The van der Waals surface area contributed by atoms with E-state index in [1.54, 1.807) is 23.7 Å². The van der Waals surface area contributed by atoms with Gasteiger partial charge in [-0.05, 0) is 28.9 Å². The first-order valence-corrected chi connectivity index (χ1v) is 6.17. The molecule has 0 aliphatic carbocycles. The second kappa shape index (κ2) is 4.72. The molecular weight excluding hydrogens is 274 g/mol. The lowest BCUT2D eigenvalue weighted by atomic mass is 10.4. The molecule has 0 bridgehead atoms. The van der Waals surface area contributed by atoms with Crippen LogP contribution in [-0.4, -0.2) is 9.97 Å². The van der Waals surface area contributed by atoms with E-state index in [0.29, 0.717) is 0 Å². The van der Waals surface area contributed by atoms with E-state index >= 15 is 0 Å². The summed E-state index contributed by atoms with van der Waals surface area (Å²) in [6, 6.07) is 1.94. The van der Waals surface area contributed by atoms with E-state index in [1.165, 1.54) is 0 Å². The van der Waals surface area contributed by atoms with Gasteiger partial charge in [0.15, 0.2) is 0 Å². The molecular formula is C10H10BrN3S. The fourth-order valence-electron chi connectivity index (χ4n) is 1.17. The van der Waals surface area contributed by atoms with Crippen molar-refractivity contribution in [3.63, 3.8) is 0 Å². The number of halogens is 1. The van der Waals surface area contributed by atoms with Gasteiger partial charge in [-0.25, -0.2) is 4.98 Å². The number of pyridine rings is 1. The number of thiazole rings is 1. The third kappa shape index (κ3) is 2.76. The Morgan fingerprint density at radius 3 is 3.07 bits per heavy atom. The second-order valence-electron chi connectivity index (χ2n) is 3.09. The van der Waals surface area contributed by atoms with E-state index in [1.807, 2.05) is 13.0 Å². The predicted octanol–water partition coefficient (Wildman–Crippen LogP) is 3.22. The molecule has 2 rings (SSSR count). The molecule has 78 valence electrons. The maximum absolute atomic E-state index is 4.38. The van der Waals surface area contributed by atoms with Gasteiger partial charge in [0, 0.05) is 23.5 Å². The summed E-state index contributed by atoms with van der Waals surface area (Å²) in [4.78, 5) is 8.38. The standard InChI is InChI=1S/C10H10BrN3S/c1-7-6-15-10(14-7)5-13-9-2-3-12-4-8(9)11/h2-4,6H,5H2,1H3,(H,12,13). The van der Waals surface area contributed by atoms with Gasteiger partial charge in [0.1, 0.15) is 5.01 Å². The Hall–Kier alpha value is -0.940. The number of nitrogens with one attached hydrogen (secondary N) is 1. The molecule has 0 aliphatic rings. The SMILES string of the molecule is Cc1csc(CNc2ccncc2Br)n1. The van der Waals surface area contributed by atoms with Crippen LogP contribution in [0, 0.1) is 6.92 Å². The monoisotopic (exact) mass is 283 g/mol. The Morgan fingerprint density at radius 2 is 2.40 bits per heavy atom. The molecule has 0 aromatic carbocycles. The number of nitrogens with zero attached hydrogens (tertiary/aromatic N) is 2. The van der Waals surface area contributed by atoms with Gasteiger partial charge < -0.3 is 5.32 Å². The lowest BCUT2D eigenvalue weighted by Crippen LogP contribution is -1.99. The number of hydrogen-bond acceptors (Lipinski definition) is 4. The Bertz CT molecular complexity index is 455. The number of rotatable bonds is 3. The average molecular weight is 284 g/mol. The van der Waals surface area contributed by atoms with Gasteiger partial charge in [0.25, 0.3) is 0 Å². The van der Waals surface area contributed by atoms with Crippen molar-refractivity contribution in [3.05, 3.63) is 39.0 Å². The maximum Gasteiger partial charge on any atom is 0.112 e. The predicted molar refractivity (Wildman–Crippen MR) is 66.1 cm³/mol. The van der Waals surface area contributed by atoms with Gasteiger partial charge in [0.2, 0.25) is 0 Å². The largest absolute Gasteiger partial charge is 0.378 e. The number of hydrogen-bond donors (Lipinski definition) is 1. The van der Waals surface area contributed by atoms with Gasteiger partial charge >= 0.3 is 0 Å². The highest BCUT2D eigenvalue weighted by Gasteiger charge is 2.01. The molecule has 5 heteroatoms. The second-order valence-corrected chi connectivity index (χ2v) is 4.89. The molecule has 1 N–H and O–H groups in total. The van der Waals surface area contributed by atoms with E-state index in [4.69, 9.17) is 0 Å². The first-order chi connectivity index (χ1) is 7.25. The van der Waals surface area contributed by atoms with Gasteiger partial charge in [-0.2, -0.15) is 0 Å². The Kier molecular flexibility index (Phi) is 3.33. The topological polar surface area (TPSA) is 37.8 Å². The quantitative estimate of drug-likeness (QED) is 0.940. The van der Waals surface area contributed by atoms with Gasteiger partial charge in [-0.3, -0.25) is 4.98 Å². The molecule has 0 fully saturated rings. The van der Waals surface area contributed by atoms with Gasteiger partial charge in [-0.15, -0.1) is 11.3 Å². The third-order valence-corrected chi connectivity index (χ3v) is 3.47. The average Bonchev–Trinajstić information content (AvgIpc) is 2.63. The molecule has 0 radical (unpaired) electrons. The van der Waals surface area contributed by atoms with Gasteiger partial charge in [-0.1, -0.05) is 0 Å². The van der Waals surface area contributed by atoms with Crippen LogP contribution in [0.3, 0.4) is 0 Å². The summed E-state index contributed by atoms with van der Waals surface area (Å²) >= 11 is 5.10. The highest BCUT2D eigenvalue weighted by atomic mass is 79.9. The van der Waals surface area contributed by atoms with Crippen molar-refractivity contribution in [1.82, 2.24) is 9.97 Å². The van der Waals surface area contributed by atoms with E-state index in [0.717, 1.165) is 27.4 Å². The fourth-order valence-corrected chi connectivity index (χ4v) is 2.28. The first-order valence-electron chi connectivity index (χ1n) is 4.50. The van der Waals surface area contributed by atoms with Crippen LogP contribution in [0.4, 0.5) is 5.69 Å². The molecule has 2 aromatic heterocycles. The lowest BCUT2D eigenvalue weighted by molar-refractivity contribution is 1.07. The molecule has 15 heavy (non-hydrogen) atoms. The van der Waals surface area contributed by atoms with Gasteiger partial charge in [0.05, 0.1) is 16.7 Å². The van der Waals surface area contributed by atoms with Crippen LogP contribution >= 0.6 is 27.3 Å². The molecule has 2 heterocycles. The highest BCUT2D eigenvalue weighted by molar-refractivity contribution is 9.10. The molecule has 0 aliphatic heterocycles. The molecule has 0 saturated carbocycles. The molecule has 0 saturated heterocycles. The van der Waals surface area contributed by atoms with Crippen molar-refractivity contribution in [2.75, 3.05) is 5.32 Å². The summed E-state index contributed by atoms with van der Waals surface area (Å²) in [6.45, 7) is 2.75. The van der Waals surface area contributed by atoms with E-state index in [-0.39, 0.29) is 0 Å². The number of aromatic nitrogens is 2. The smallest absolute Gasteiger partial charge is 0.112 e. The van der Waals surface area contributed by atoms with E-state index in [2.05, 4.69) is 36.6 Å². The number of aryl methyl sites for hydroxylation is 1. The van der Waals surface area contributed by atoms with Crippen molar-refractivity contribution in [2.24, 2.45) is 0 Å². The first kappa shape index (κ1) is 10.6. The maximum atomic E-state index is 4.38. The van der Waals surface area contributed by atoms with Crippen LogP contribution in [0.1, 0.15) is 10.7 Å². The molecule has 0 amide bonds. The van der Waals surface area contributed by atoms with Crippen molar-refractivity contribution in [2.45, 2.75) is 13.5 Å². The summed E-state index contributed by atoms with van der Waals surface area (Å²) in [7, 11) is 0. The molecule has 0 spiro atoms. The van der Waals surface area contributed by atoms with Crippen LogP contribution in [0.15, 0.2) is 28.3 Å². The zero-order chi connectivity index (χ0) is 10.7. The molecule has 2 aromatic rings. The van der Waals surface area contributed by atoms with Crippen molar-refractivity contribution < 1.29 is 0 Å². The Balaban J connectivity index is 2.02. The summed E-state index contributed by atoms with van der Waals surface area (Å²) in [6.07, 6.45) is 3.54. The molecule has 0 unspecified atom stereocenters. The van der Waals surface area contributed by atoms with Crippen LogP contribution in [-0.2, 0) is 6.54 Å².